The third kappa shape index (κ3) is 2.19. The Morgan fingerprint density at radius 2 is 1.87 bits per heavy atom. The van der Waals surface area contributed by atoms with E-state index in [9.17, 15) is 4.79 Å². The monoisotopic (exact) mass is 211 g/mol. The molecule has 0 aliphatic rings. The average Bonchev–Trinajstić information content (AvgIpc) is 2.50. The smallest absolute Gasteiger partial charge is 0.316 e. The summed E-state index contributed by atoms with van der Waals surface area (Å²) in [5.41, 5.74) is -1.23. The number of nitrogens with zero attached hydrogens (tertiary/aromatic N) is 1. The van der Waals surface area contributed by atoms with Crippen LogP contribution in [0.1, 0.15) is 46.3 Å². The number of aromatic nitrogens is 1. The SMILES string of the molecule is CC(C)(C)c1ncc(C(C)(C)C(=O)O)o1. The fourth-order valence-electron chi connectivity index (χ4n) is 1.02. The normalized spacial score (nSPS) is 12.9. The first-order chi connectivity index (χ1) is 6.65. The van der Waals surface area contributed by atoms with Crippen LogP contribution in [-0.4, -0.2) is 16.1 Å². The molecule has 0 bridgehead atoms. The van der Waals surface area contributed by atoms with E-state index in [1.807, 2.05) is 20.8 Å². The number of carboxylic acid groups (broad SMARTS) is 1. The van der Waals surface area contributed by atoms with Crippen LogP contribution in [0, 0.1) is 0 Å². The van der Waals surface area contributed by atoms with Crippen molar-refractivity contribution >= 4 is 5.97 Å². The molecule has 0 aliphatic heterocycles. The number of carbonyl (C=O) groups is 1. The molecule has 4 nitrogen and oxygen atoms in total. The fraction of sp³-hybridized carbons (Fsp3) is 0.636. The van der Waals surface area contributed by atoms with Gasteiger partial charge in [0.2, 0.25) is 0 Å². The molecule has 0 aromatic carbocycles. The van der Waals surface area contributed by atoms with Crippen molar-refractivity contribution in [2.45, 2.75) is 45.4 Å². The summed E-state index contributed by atoms with van der Waals surface area (Å²) in [5.74, 6) is 0.0332. The van der Waals surface area contributed by atoms with Crippen molar-refractivity contribution in [1.29, 1.82) is 0 Å². The Morgan fingerprint density at radius 3 is 2.20 bits per heavy atom. The van der Waals surface area contributed by atoms with Gasteiger partial charge in [0, 0.05) is 5.41 Å². The summed E-state index contributed by atoms with van der Waals surface area (Å²) < 4.78 is 5.48. The van der Waals surface area contributed by atoms with Crippen LogP contribution in [0.3, 0.4) is 0 Å². The van der Waals surface area contributed by atoms with E-state index in [0.717, 1.165) is 0 Å². The van der Waals surface area contributed by atoms with Crippen molar-refractivity contribution in [2.24, 2.45) is 0 Å². The number of hydrogen-bond donors (Lipinski definition) is 1. The molecule has 1 rings (SSSR count). The van der Waals surface area contributed by atoms with E-state index >= 15 is 0 Å². The van der Waals surface area contributed by atoms with Gasteiger partial charge in [-0.15, -0.1) is 0 Å². The molecule has 0 spiro atoms. The van der Waals surface area contributed by atoms with E-state index in [0.29, 0.717) is 11.7 Å². The molecule has 1 N–H and O–H groups in total. The summed E-state index contributed by atoms with van der Waals surface area (Å²) in [6.45, 7) is 9.10. The third-order valence-electron chi connectivity index (χ3n) is 2.30. The average molecular weight is 211 g/mol. The molecular weight excluding hydrogens is 194 g/mol. The molecular formula is C11H17NO3. The van der Waals surface area contributed by atoms with Crippen molar-refractivity contribution in [3.8, 4) is 0 Å². The highest BCUT2D eigenvalue weighted by Gasteiger charge is 2.34. The lowest BCUT2D eigenvalue weighted by Gasteiger charge is -2.16. The van der Waals surface area contributed by atoms with Gasteiger partial charge in [-0.05, 0) is 13.8 Å². The van der Waals surface area contributed by atoms with Crippen molar-refractivity contribution in [1.82, 2.24) is 4.98 Å². The van der Waals surface area contributed by atoms with Gasteiger partial charge in [0.05, 0.1) is 6.20 Å². The Labute approximate surface area is 89.3 Å². The quantitative estimate of drug-likeness (QED) is 0.815. The predicted molar refractivity (Wildman–Crippen MR) is 55.9 cm³/mol. The van der Waals surface area contributed by atoms with Crippen LogP contribution >= 0.6 is 0 Å². The minimum atomic E-state index is -1.03. The molecule has 0 aliphatic carbocycles. The second-order valence-corrected chi connectivity index (χ2v) is 5.21. The summed E-state index contributed by atoms with van der Waals surface area (Å²) in [5, 5.41) is 9.02. The van der Waals surface area contributed by atoms with Gasteiger partial charge in [-0.25, -0.2) is 4.98 Å². The molecule has 0 amide bonds. The molecule has 1 heterocycles. The Hall–Kier alpha value is -1.32. The van der Waals surface area contributed by atoms with Crippen LogP contribution < -0.4 is 0 Å². The number of oxazole rings is 1. The molecule has 84 valence electrons. The molecule has 0 fully saturated rings. The standard InChI is InChI=1S/C11H17NO3/c1-10(2,3)8-12-6-7(15-8)11(4,5)9(13)14/h6H,1-5H3,(H,13,14). The summed E-state index contributed by atoms with van der Waals surface area (Å²) in [6, 6.07) is 0. The Kier molecular flexibility index (Phi) is 2.63. The lowest BCUT2D eigenvalue weighted by Crippen LogP contribution is -2.27. The third-order valence-corrected chi connectivity index (χ3v) is 2.30. The minimum Gasteiger partial charge on any atom is -0.481 e. The first kappa shape index (κ1) is 11.8. The zero-order chi connectivity index (χ0) is 11.9. The van der Waals surface area contributed by atoms with Gasteiger partial charge >= 0.3 is 5.97 Å². The molecule has 1 aromatic rings. The van der Waals surface area contributed by atoms with Gasteiger partial charge < -0.3 is 9.52 Å². The fourth-order valence-corrected chi connectivity index (χ4v) is 1.02. The molecule has 0 atom stereocenters. The largest absolute Gasteiger partial charge is 0.481 e. The topological polar surface area (TPSA) is 63.3 Å². The van der Waals surface area contributed by atoms with Crippen molar-refractivity contribution in [3.63, 3.8) is 0 Å². The summed E-state index contributed by atoms with van der Waals surface area (Å²) in [6.07, 6.45) is 1.49. The van der Waals surface area contributed by atoms with E-state index in [1.54, 1.807) is 13.8 Å². The lowest BCUT2D eigenvalue weighted by atomic mass is 9.91. The molecule has 0 radical (unpaired) electrons. The first-order valence-corrected chi connectivity index (χ1v) is 4.86. The summed E-state index contributed by atoms with van der Waals surface area (Å²) in [4.78, 5) is 15.1. The van der Waals surface area contributed by atoms with Gasteiger partial charge in [-0.1, -0.05) is 20.8 Å². The van der Waals surface area contributed by atoms with Crippen molar-refractivity contribution in [2.75, 3.05) is 0 Å². The maximum absolute atomic E-state index is 11.0. The highest BCUT2D eigenvalue weighted by molar-refractivity contribution is 5.79. The second-order valence-electron chi connectivity index (χ2n) is 5.21. The maximum atomic E-state index is 11.0. The number of rotatable bonds is 2. The zero-order valence-corrected chi connectivity index (χ0v) is 9.79. The molecule has 15 heavy (non-hydrogen) atoms. The van der Waals surface area contributed by atoms with Crippen LogP contribution in [-0.2, 0) is 15.6 Å². The zero-order valence-electron chi connectivity index (χ0n) is 9.79. The summed E-state index contributed by atoms with van der Waals surface area (Å²) >= 11 is 0. The van der Waals surface area contributed by atoms with Crippen molar-refractivity contribution < 1.29 is 14.3 Å². The molecule has 1 aromatic heterocycles. The van der Waals surface area contributed by atoms with Crippen LogP contribution in [0.4, 0.5) is 0 Å². The highest BCUT2D eigenvalue weighted by Crippen LogP contribution is 2.28. The Bertz CT molecular complexity index is 371. The maximum Gasteiger partial charge on any atom is 0.316 e. The van der Waals surface area contributed by atoms with E-state index < -0.39 is 11.4 Å². The van der Waals surface area contributed by atoms with E-state index in [-0.39, 0.29) is 5.41 Å². The molecule has 4 heteroatoms. The first-order valence-electron chi connectivity index (χ1n) is 4.86. The predicted octanol–water partition coefficient (Wildman–Crippen LogP) is 2.33. The Morgan fingerprint density at radius 1 is 1.33 bits per heavy atom. The van der Waals surface area contributed by atoms with E-state index in [2.05, 4.69) is 4.98 Å². The van der Waals surface area contributed by atoms with Gasteiger partial charge in [-0.3, -0.25) is 4.79 Å². The highest BCUT2D eigenvalue weighted by atomic mass is 16.4. The number of aliphatic carboxylic acids is 1. The van der Waals surface area contributed by atoms with Crippen LogP contribution in [0.5, 0.6) is 0 Å². The van der Waals surface area contributed by atoms with E-state index in [4.69, 9.17) is 9.52 Å². The van der Waals surface area contributed by atoms with Gasteiger partial charge in [0.25, 0.3) is 0 Å². The van der Waals surface area contributed by atoms with Gasteiger partial charge in [0.1, 0.15) is 11.2 Å². The Balaban J connectivity index is 3.10. The van der Waals surface area contributed by atoms with Crippen molar-refractivity contribution in [3.05, 3.63) is 17.8 Å². The van der Waals surface area contributed by atoms with Crippen LogP contribution in [0.2, 0.25) is 0 Å². The molecule has 0 saturated carbocycles. The number of carboxylic acids is 1. The molecule has 0 unspecified atom stereocenters. The minimum absolute atomic E-state index is 0.202. The summed E-state index contributed by atoms with van der Waals surface area (Å²) in [7, 11) is 0. The van der Waals surface area contributed by atoms with Gasteiger partial charge in [0.15, 0.2) is 5.89 Å². The second kappa shape index (κ2) is 3.36. The number of hydrogen-bond acceptors (Lipinski definition) is 3. The van der Waals surface area contributed by atoms with Gasteiger partial charge in [-0.2, -0.15) is 0 Å². The lowest BCUT2D eigenvalue weighted by molar-refractivity contribution is -0.143. The molecule has 0 saturated heterocycles. The van der Waals surface area contributed by atoms with E-state index in [1.165, 1.54) is 6.20 Å². The van der Waals surface area contributed by atoms with Crippen LogP contribution in [0.15, 0.2) is 10.6 Å². The van der Waals surface area contributed by atoms with Crippen LogP contribution in [0.25, 0.3) is 0 Å².